The summed E-state index contributed by atoms with van der Waals surface area (Å²) in [5, 5.41) is 4.46. The summed E-state index contributed by atoms with van der Waals surface area (Å²) in [5.41, 5.74) is 1.67. The van der Waals surface area contributed by atoms with E-state index < -0.39 is 11.3 Å². The van der Waals surface area contributed by atoms with Gasteiger partial charge in [0, 0.05) is 43.9 Å². The molecule has 172 valence electrons. The van der Waals surface area contributed by atoms with Crippen LogP contribution in [0.1, 0.15) is 29.1 Å². The van der Waals surface area contributed by atoms with Crippen LogP contribution in [-0.4, -0.2) is 64.1 Å². The normalized spacial score (nSPS) is 19.5. The molecule has 7 nitrogen and oxygen atoms in total. The Balaban J connectivity index is 1.39. The highest BCUT2D eigenvalue weighted by Crippen LogP contribution is 2.42. The van der Waals surface area contributed by atoms with Crippen LogP contribution in [0.3, 0.4) is 0 Å². The van der Waals surface area contributed by atoms with Crippen molar-refractivity contribution in [2.75, 3.05) is 38.2 Å². The third kappa shape index (κ3) is 4.11. The second-order valence-electron chi connectivity index (χ2n) is 8.14. The van der Waals surface area contributed by atoms with Crippen LogP contribution < -0.4 is 9.64 Å². The molecule has 9 heteroatoms. The summed E-state index contributed by atoms with van der Waals surface area (Å²) in [6.45, 7) is 4.95. The second-order valence-corrected chi connectivity index (χ2v) is 9.25. The summed E-state index contributed by atoms with van der Waals surface area (Å²) in [6.07, 6.45) is 0.669. The van der Waals surface area contributed by atoms with E-state index in [1.165, 1.54) is 22.5 Å². The van der Waals surface area contributed by atoms with Gasteiger partial charge in [0.1, 0.15) is 16.8 Å². The highest BCUT2D eigenvalue weighted by atomic mass is 32.2. The largest absolute Gasteiger partial charge is 0.497 e. The van der Waals surface area contributed by atoms with Gasteiger partial charge in [-0.05, 0) is 30.3 Å². The number of benzene rings is 2. The van der Waals surface area contributed by atoms with Crippen LogP contribution in [-0.2, 0) is 6.42 Å². The average Bonchev–Trinajstić information content (AvgIpc) is 3.40. The number of carbonyl (C=O) groups is 1. The minimum absolute atomic E-state index is 0.131. The first-order chi connectivity index (χ1) is 16.1. The summed E-state index contributed by atoms with van der Waals surface area (Å²) < 4.78 is 21.6. The number of fused-ring (bicyclic) bond motifs is 1. The van der Waals surface area contributed by atoms with E-state index in [1.807, 2.05) is 25.1 Å². The van der Waals surface area contributed by atoms with Crippen LogP contribution in [0.25, 0.3) is 0 Å². The van der Waals surface area contributed by atoms with Crippen LogP contribution >= 0.6 is 11.8 Å². The molecule has 0 aliphatic carbocycles. The second kappa shape index (κ2) is 9.15. The zero-order valence-corrected chi connectivity index (χ0v) is 19.5. The standard InChI is InChI=1S/C24H26FN5O2S/c1-3-20-26-24-30(27-20)23(31)22(33-24)21(18-6-4-5-7-19(18)25)29-14-12-28(13-15-29)16-8-10-17(32-2)11-9-16/h4-11,21-22H,3,12-15H2,1-2H3. The Morgan fingerprint density at radius 2 is 1.85 bits per heavy atom. The highest BCUT2D eigenvalue weighted by molar-refractivity contribution is 8.00. The third-order valence-corrected chi connectivity index (χ3v) is 7.47. The number of methoxy groups -OCH3 is 1. The molecular formula is C24H26FN5O2S. The first-order valence-electron chi connectivity index (χ1n) is 11.1. The molecule has 2 aromatic carbocycles. The van der Waals surface area contributed by atoms with Crippen LogP contribution in [0.15, 0.2) is 53.7 Å². The molecular weight excluding hydrogens is 441 g/mol. The van der Waals surface area contributed by atoms with E-state index in [4.69, 9.17) is 4.74 Å². The van der Waals surface area contributed by atoms with Crippen molar-refractivity contribution in [2.45, 2.75) is 29.8 Å². The monoisotopic (exact) mass is 467 g/mol. The molecule has 5 rings (SSSR count). The Kier molecular flexibility index (Phi) is 6.07. The fraction of sp³-hybridized carbons (Fsp3) is 0.375. The number of aromatic nitrogens is 3. The van der Waals surface area contributed by atoms with Crippen LogP contribution in [0.5, 0.6) is 5.75 Å². The first kappa shape index (κ1) is 21.9. The van der Waals surface area contributed by atoms with Crippen LogP contribution in [0, 0.1) is 5.82 Å². The van der Waals surface area contributed by atoms with Gasteiger partial charge in [0.25, 0.3) is 5.91 Å². The molecule has 1 aromatic heterocycles. The molecule has 3 aromatic rings. The number of hydrogen-bond donors (Lipinski definition) is 0. The topological polar surface area (TPSA) is 63.5 Å². The molecule has 0 radical (unpaired) electrons. The molecule has 2 unspecified atom stereocenters. The maximum absolute atomic E-state index is 15.0. The van der Waals surface area contributed by atoms with Gasteiger partial charge in [0.15, 0.2) is 11.0 Å². The Morgan fingerprint density at radius 1 is 1.12 bits per heavy atom. The third-order valence-electron chi connectivity index (χ3n) is 6.28. The zero-order valence-electron chi connectivity index (χ0n) is 18.6. The van der Waals surface area contributed by atoms with E-state index >= 15 is 0 Å². The molecule has 1 saturated heterocycles. The number of halogens is 1. The number of aryl methyl sites for hydroxylation is 1. The maximum atomic E-state index is 15.0. The van der Waals surface area contributed by atoms with Gasteiger partial charge in [0.2, 0.25) is 0 Å². The van der Waals surface area contributed by atoms with E-state index in [1.54, 1.807) is 19.2 Å². The van der Waals surface area contributed by atoms with Gasteiger partial charge in [-0.15, -0.1) is 5.10 Å². The molecule has 0 amide bonds. The van der Waals surface area contributed by atoms with Gasteiger partial charge in [0.05, 0.1) is 13.2 Å². The van der Waals surface area contributed by atoms with Gasteiger partial charge >= 0.3 is 0 Å². The fourth-order valence-electron chi connectivity index (χ4n) is 4.51. The van der Waals surface area contributed by atoms with Gasteiger partial charge in [-0.1, -0.05) is 36.9 Å². The smallest absolute Gasteiger partial charge is 0.264 e. The van der Waals surface area contributed by atoms with E-state index in [0.29, 0.717) is 36.1 Å². The summed E-state index contributed by atoms with van der Waals surface area (Å²) in [6, 6.07) is 14.4. The number of carbonyl (C=O) groups excluding carboxylic acids is 1. The Morgan fingerprint density at radius 3 is 2.48 bits per heavy atom. The number of ether oxygens (including phenoxy) is 1. The first-order valence-corrected chi connectivity index (χ1v) is 12.0. The van der Waals surface area contributed by atoms with Crippen LogP contribution in [0.2, 0.25) is 0 Å². The molecule has 33 heavy (non-hydrogen) atoms. The zero-order chi connectivity index (χ0) is 22.9. The van der Waals surface area contributed by atoms with Crippen molar-refractivity contribution in [2.24, 2.45) is 0 Å². The van der Waals surface area contributed by atoms with Crippen molar-refractivity contribution in [3.63, 3.8) is 0 Å². The quantitative estimate of drug-likeness (QED) is 0.548. The van der Waals surface area contributed by atoms with Gasteiger partial charge in [-0.2, -0.15) is 4.68 Å². The molecule has 2 atom stereocenters. The van der Waals surface area contributed by atoms with Crippen LogP contribution in [0.4, 0.5) is 10.1 Å². The van der Waals surface area contributed by atoms with Crippen molar-refractivity contribution < 1.29 is 13.9 Å². The number of nitrogens with zero attached hydrogens (tertiary/aromatic N) is 5. The minimum Gasteiger partial charge on any atom is -0.497 e. The molecule has 0 bridgehead atoms. The van der Waals surface area contributed by atoms with Gasteiger partial charge in [-0.25, -0.2) is 9.37 Å². The molecule has 2 aliphatic rings. The number of hydrogen-bond acceptors (Lipinski definition) is 7. The Bertz CT molecular complexity index is 1140. The summed E-state index contributed by atoms with van der Waals surface area (Å²) >= 11 is 1.39. The lowest BCUT2D eigenvalue weighted by molar-refractivity contribution is 0.0828. The van der Waals surface area contributed by atoms with Gasteiger partial charge < -0.3 is 9.64 Å². The molecule has 0 spiro atoms. The molecule has 0 N–H and O–H groups in total. The molecule has 1 fully saturated rings. The van der Waals surface area contributed by atoms with Crippen molar-refractivity contribution in [1.82, 2.24) is 19.7 Å². The SMILES string of the molecule is CCc1nc2n(n1)C(=O)C(C(c1ccccc1F)N1CCN(c3ccc(OC)cc3)CC1)S2. The summed E-state index contributed by atoms with van der Waals surface area (Å²) in [7, 11) is 1.66. The number of thioether (sulfide) groups is 1. The van der Waals surface area contributed by atoms with Crippen molar-refractivity contribution in [3.05, 3.63) is 65.7 Å². The van der Waals surface area contributed by atoms with Crippen molar-refractivity contribution in [1.29, 1.82) is 0 Å². The van der Waals surface area contributed by atoms with E-state index in [9.17, 15) is 9.18 Å². The fourth-order valence-corrected chi connectivity index (χ4v) is 5.77. The Labute approximate surface area is 196 Å². The highest BCUT2D eigenvalue weighted by Gasteiger charge is 2.44. The maximum Gasteiger partial charge on any atom is 0.264 e. The van der Waals surface area contributed by atoms with Crippen molar-refractivity contribution >= 4 is 23.4 Å². The lowest BCUT2D eigenvalue weighted by atomic mass is 9.99. The molecule has 2 aliphatic heterocycles. The lowest BCUT2D eigenvalue weighted by Crippen LogP contribution is -2.50. The van der Waals surface area contributed by atoms with E-state index in [-0.39, 0.29) is 11.7 Å². The number of rotatable bonds is 6. The Hall–Kier alpha value is -2.91. The van der Waals surface area contributed by atoms with E-state index in [0.717, 1.165) is 24.5 Å². The lowest BCUT2D eigenvalue weighted by Gasteiger charge is -2.41. The number of piperazine rings is 1. The molecule has 0 saturated carbocycles. The molecule has 3 heterocycles. The van der Waals surface area contributed by atoms with E-state index in [2.05, 4.69) is 32.0 Å². The minimum atomic E-state index is -0.490. The van der Waals surface area contributed by atoms with Crippen molar-refractivity contribution in [3.8, 4) is 5.75 Å². The predicted molar refractivity (Wildman–Crippen MR) is 126 cm³/mol. The number of anilines is 1. The summed E-state index contributed by atoms with van der Waals surface area (Å²) in [4.78, 5) is 22.3. The summed E-state index contributed by atoms with van der Waals surface area (Å²) in [5.74, 6) is 1.05. The average molecular weight is 468 g/mol. The van der Waals surface area contributed by atoms with Gasteiger partial charge in [-0.3, -0.25) is 9.69 Å². The predicted octanol–water partition coefficient (Wildman–Crippen LogP) is 3.67.